The lowest BCUT2D eigenvalue weighted by Crippen LogP contribution is -1.96. The number of hydrogen-bond acceptors (Lipinski definition) is 2. The van der Waals surface area contributed by atoms with E-state index in [0.29, 0.717) is 11.3 Å². The molecule has 66 valence electrons. The molecule has 0 bridgehead atoms. The van der Waals surface area contributed by atoms with Gasteiger partial charge in [-0.1, -0.05) is 21.9 Å². The second-order valence-electron chi connectivity index (χ2n) is 2.29. The van der Waals surface area contributed by atoms with E-state index >= 15 is 0 Å². The molecule has 3 heteroatoms. The number of carbonyl (C=O) groups is 1. The molecule has 1 rings (SSSR count). The fourth-order valence-electron chi connectivity index (χ4n) is 0.862. The van der Waals surface area contributed by atoms with Crippen molar-refractivity contribution < 1.29 is 9.53 Å². The van der Waals surface area contributed by atoms with Crippen molar-refractivity contribution in [2.24, 2.45) is 0 Å². The van der Waals surface area contributed by atoms with Crippen molar-refractivity contribution in [1.29, 1.82) is 0 Å². The number of terminal acetylenes is 1. The van der Waals surface area contributed by atoms with Crippen molar-refractivity contribution in [2.75, 3.05) is 6.61 Å². The van der Waals surface area contributed by atoms with Crippen LogP contribution in [0.3, 0.4) is 0 Å². The highest BCUT2D eigenvalue weighted by molar-refractivity contribution is 9.10. The predicted molar refractivity (Wildman–Crippen MR) is 53.9 cm³/mol. The third-order valence-corrected chi connectivity index (χ3v) is 1.90. The van der Waals surface area contributed by atoms with E-state index in [1.54, 1.807) is 18.2 Å². The van der Waals surface area contributed by atoms with Crippen molar-refractivity contribution in [2.45, 2.75) is 0 Å². The predicted octanol–water partition coefficient (Wildman–Crippen LogP) is 2.27. The normalized spacial score (nSPS) is 8.92. The van der Waals surface area contributed by atoms with E-state index in [1.165, 1.54) is 0 Å². The van der Waals surface area contributed by atoms with Gasteiger partial charge in [-0.05, 0) is 18.2 Å². The molecular formula is C10H7BrO2. The van der Waals surface area contributed by atoms with E-state index in [-0.39, 0.29) is 6.61 Å². The number of aldehydes is 1. The van der Waals surface area contributed by atoms with Crippen LogP contribution in [0.2, 0.25) is 0 Å². The number of benzene rings is 1. The van der Waals surface area contributed by atoms with Crippen LogP contribution in [0.5, 0.6) is 5.75 Å². The maximum atomic E-state index is 10.6. The summed E-state index contributed by atoms with van der Waals surface area (Å²) in [5.41, 5.74) is 0.490. The first-order chi connectivity index (χ1) is 6.27. The van der Waals surface area contributed by atoms with Gasteiger partial charge in [-0.15, -0.1) is 6.42 Å². The van der Waals surface area contributed by atoms with E-state index in [0.717, 1.165) is 10.8 Å². The Morgan fingerprint density at radius 1 is 1.62 bits per heavy atom. The summed E-state index contributed by atoms with van der Waals surface area (Å²) in [7, 11) is 0. The molecule has 0 spiro atoms. The lowest BCUT2D eigenvalue weighted by molar-refractivity contribution is 0.112. The Hall–Kier alpha value is -1.27. The highest BCUT2D eigenvalue weighted by Gasteiger charge is 2.02. The van der Waals surface area contributed by atoms with Gasteiger partial charge in [0.2, 0.25) is 0 Å². The molecule has 0 amide bonds. The van der Waals surface area contributed by atoms with Gasteiger partial charge in [0.1, 0.15) is 12.4 Å². The Morgan fingerprint density at radius 2 is 2.38 bits per heavy atom. The summed E-state index contributed by atoms with van der Waals surface area (Å²) in [5, 5.41) is 0. The summed E-state index contributed by atoms with van der Waals surface area (Å²) in [6, 6.07) is 5.17. The molecule has 13 heavy (non-hydrogen) atoms. The number of halogens is 1. The fraction of sp³-hybridized carbons (Fsp3) is 0.100. The molecule has 0 atom stereocenters. The lowest BCUT2D eigenvalue weighted by Gasteiger charge is -2.04. The number of rotatable bonds is 3. The van der Waals surface area contributed by atoms with Gasteiger partial charge in [0.15, 0.2) is 6.29 Å². The van der Waals surface area contributed by atoms with Crippen molar-refractivity contribution >= 4 is 22.2 Å². The van der Waals surface area contributed by atoms with E-state index in [1.807, 2.05) is 0 Å². The first-order valence-electron chi connectivity index (χ1n) is 3.59. The molecule has 0 fully saturated rings. The van der Waals surface area contributed by atoms with E-state index < -0.39 is 0 Å². The maximum absolute atomic E-state index is 10.6. The first kappa shape index (κ1) is 9.82. The van der Waals surface area contributed by atoms with Crippen molar-refractivity contribution in [1.82, 2.24) is 0 Å². The van der Waals surface area contributed by atoms with Crippen molar-refractivity contribution in [3.63, 3.8) is 0 Å². The Labute approximate surface area is 85.0 Å². The van der Waals surface area contributed by atoms with Gasteiger partial charge in [-0.2, -0.15) is 0 Å². The first-order valence-corrected chi connectivity index (χ1v) is 4.38. The van der Waals surface area contributed by atoms with Gasteiger partial charge in [-0.3, -0.25) is 4.79 Å². The average molecular weight is 239 g/mol. The highest BCUT2D eigenvalue weighted by Crippen LogP contribution is 2.21. The fourth-order valence-corrected chi connectivity index (χ4v) is 1.24. The molecule has 0 aromatic heterocycles. The molecule has 1 aromatic rings. The van der Waals surface area contributed by atoms with Gasteiger partial charge in [0.25, 0.3) is 0 Å². The van der Waals surface area contributed by atoms with E-state index in [2.05, 4.69) is 21.9 Å². The molecule has 0 radical (unpaired) electrons. The summed E-state index contributed by atoms with van der Waals surface area (Å²) < 4.78 is 5.98. The molecule has 0 aliphatic rings. The Morgan fingerprint density at radius 3 is 3.00 bits per heavy atom. The zero-order valence-corrected chi connectivity index (χ0v) is 8.37. The molecular weight excluding hydrogens is 232 g/mol. The summed E-state index contributed by atoms with van der Waals surface area (Å²) >= 11 is 3.25. The Bertz CT molecular complexity index is 352. The van der Waals surface area contributed by atoms with Crippen LogP contribution in [0.1, 0.15) is 10.4 Å². The molecule has 0 unspecified atom stereocenters. The molecule has 2 nitrogen and oxygen atoms in total. The quantitative estimate of drug-likeness (QED) is 0.597. The van der Waals surface area contributed by atoms with Gasteiger partial charge < -0.3 is 4.74 Å². The lowest BCUT2D eigenvalue weighted by atomic mass is 10.2. The average Bonchev–Trinajstić information content (AvgIpc) is 2.16. The van der Waals surface area contributed by atoms with Crippen LogP contribution in [0, 0.1) is 12.3 Å². The summed E-state index contributed by atoms with van der Waals surface area (Å²) in [5.74, 6) is 2.84. The SMILES string of the molecule is C#CCOc1ccc(Br)cc1C=O. The minimum Gasteiger partial charge on any atom is -0.480 e. The summed E-state index contributed by atoms with van der Waals surface area (Å²) in [6.07, 6.45) is 5.76. The summed E-state index contributed by atoms with van der Waals surface area (Å²) in [4.78, 5) is 10.6. The number of hydrogen-bond donors (Lipinski definition) is 0. The molecule has 0 saturated carbocycles. The third kappa shape index (κ3) is 2.60. The molecule has 0 aliphatic heterocycles. The van der Waals surface area contributed by atoms with Crippen molar-refractivity contribution in [3.8, 4) is 18.1 Å². The van der Waals surface area contributed by atoms with Crippen molar-refractivity contribution in [3.05, 3.63) is 28.2 Å². The molecule has 1 aromatic carbocycles. The minimum atomic E-state index is 0.169. The molecule has 0 N–H and O–H groups in total. The van der Waals surface area contributed by atoms with Crippen LogP contribution in [0.15, 0.2) is 22.7 Å². The second-order valence-corrected chi connectivity index (χ2v) is 3.21. The van der Waals surface area contributed by atoms with Gasteiger partial charge in [0, 0.05) is 4.47 Å². The molecule has 0 heterocycles. The zero-order valence-electron chi connectivity index (χ0n) is 6.79. The Balaban J connectivity index is 2.93. The van der Waals surface area contributed by atoms with Crippen LogP contribution in [-0.2, 0) is 0 Å². The van der Waals surface area contributed by atoms with Gasteiger partial charge >= 0.3 is 0 Å². The smallest absolute Gasteiger partial charge is 0.153 e. The van der Waals surface area contributed by atoms with Gasteiger partial charge in [-0.25, -0.2) is 0 Å². The molecule has 0 saturated heterocycles. The highest BCUT2D eigenvalue weighted by atomic mass is 79.9. The zero-order chi connectivity index (χ0) is 9.68. The van der Waals surface area contributed by atoms with Crippen LogP contribution < -0.4 is 4.74 Å². The van der Waals surface area contributed by atoms with Crippen LogP contribution in [0.4, 0.5) is 0 Å². The van der Waals surface area contributed by atoms with E-state index in [4.69, 9.17) is 11.2 Å². The Kier molecular flexibility index (Phi) is 3.53. The number of ether oxygens (including phenoxy) is 1. The van der Waals surface area contributed by atoms with E-state index in [9.17, 15) is 4.79 Å². The third-order valence-electron chi connectivity index (χ3n) is 1.41. The maximum Gasteiger partial charge on any atom is 0.153 e. The van der Waals surface area contributed by atoms with Crippen LogP contribution in [0.25, 0.3) is 0 Å². The standard InChI is InChI=1S/C10H7BrO2/c1-2-5-13-10-4-3-9(11)6-8(10)7-12/h1,3-4,6-7H,5H2. The summed E-state index contributed by atoms with van der Waals surface area (Å²) in [6.45, 7) is 0.169. The largest absolute Gasteiger partial charge is 0.480 e. The van der Waals surface area contributed by atoms with Crippen LogP contribution >= 0.6 is 15.9 Å². The van der Waals surface area contributed by atoms with Crippen LogP contribution in [-0.4, -0.2) is 12.9 Å². The number of carbonyl (C=O) groups excluding carboxylic acids is 1. The topological polar surface area (TPSA) is 26.3 Å². The monoisotopic (exact) mass is 238 g/mol. The second kappa shape index (κ2) is 4.68. The molecule has 0 aliphatic carbocycles. The minimum absolute atomic E-state index is 0.169. The van der Waals surface area contributed by atoms with Gasteiger partial charge in [0.05, 0.1) is 5.56 Å².